The lowest BCUT2D eigenvalue weighted by molar-refractivity contribution is 0.376. The summed E-state index contributed by atoms with van der Waals surface area (Å²) in [5.41, 5.74) is 1.23. The monoisotopic (exact) mass is 263 g/mol. The number of hydrogen-bond donors (Lipinski definition) is 1. The first-order valence-electron chi connectivity index (χ1n) is 6.25. The zero-order valence-electron chi connectivity index (χ0n) is 10.7. The van der Waals surface area contributed by atoms with Crippen molar-refractivity contribution < 1.29 is 4.42 Å². The quantitative estimate of drug-likeness (QED) is 0.843. The molecule has 0 fully saturated rings. The second-order valence-corrected chi connectivity index (χ2v) is 4.85. The largest absolute Gasteiger partial charge is 0.468 e. The molecule has 3 heteroatoms. The van der Waals surface area contributed by atoms with Gasteiger partial charge < -0.3 is 9.73 Å². The van der Waals surface area contributed by atoms with Crippen molar-refractivity contribution in [2.75, 3.05) is 0 Å². The molecule has 2 rings (SSSR count). The Bertz CT molecular complexity index is 464. The zero-order valence-corrected chi connectivity index (χ0v) is 11.4. The van der Waals surface area contributed by atoms with Crippen LogP contribution in [0, 0.1) is 0 Å². The number of nitrogens with one attached hydrogen (secondary N) is 1. The molecule has 0 spiro atoms. The first-order valence-corrected chi connectivity index (χ1v) is 6.63. The molecule has 1 aromatic heterocycles. The van der Waals surface area contributed by atoms with Crippen LogP contribution in [0.15, 0.2) is 47.1 Å². The van der Waals surface area contributed by atoms with E-state index in [9.17, 15) is 0 Å². The van der Waals surface area contributed by atoms with Crippen LogP contribution in [0.3, 0.4) is 0 Å². The van der Waals surface area contributed by atoms with Gasteiger partial charge >= 0.3 is 0 Å². The second kappa shape index (κ2) is 6.07. The van der Waals surface area contributed by atoms with E-state index in [1.807, 2.05) is 24.3 Å². The van der Waals surface area contributed by atoms with Crippen LogP contribution >= 0.6 is 11.6 Å². The molecule has 0 bridgehead atoms. The molecule has 1 aromatic carbocycles. The van der Waals surface area contributed by atoms with Crippen molar-refractivity contribution >= 4 is 11.6 Å². The SMILES string of the molecule is CCC(NC(C)c1ccc(Cl)cc1)c1ccco1. The molecular weight excluding hydrogens is 246 g/mol. The lowest BCUT2D eigenvalue weighted by Gasteiger charge is -2.21. The Labute approximate surface area is 113 Å². The molecule has 0 aliphatic heterocycles. The second-order valence-electron chi connectivity index (χ2n) is 4.42. The summed E-state index contributed by atoms with van der Waals surface area (Å²) >= 11 is 5.90. The molecule has 2 atom stereocenters. The molecule has 0 amide bonds. The summed E-state index contributed by atoms with van der Waals surface area (Å²) < 4.78 is 5.46. The number of halogens is 1. The van der Waals surface area contributed by atoms with Gasteiger partial charge in [0.2, 0.25) is 0 Å². The fourth-order valence-electron chi connectivity index (χ4n) is 2.04. The predicted molar refractivity (Wildman–Crippen MR) is 74.7 cm³/mol. The number of furan rings is 1. The normalized spacial score (nSPS) is 14.4. The molecule has 0 saturated heterocycles. The number of benzene rings is 1. The fourth-order valence-corrected chi connectivity index (χ4v) is 2.17. The van der Waals surface area contributed by atoms with E-state index in [0.717, 1.165) is 17.2 Å². The summed E-state index contributed by atoms with van der Waals surface area (Å²) in [5.74, 6) is 0.985. The molecule has 0 aliphatic carbocycles. The molecular formula is C15H18ClNO. The Balaban J connectivity index is 2.05. The van der Waals surface area contributed by atoms with E-state index in [2.05, 4.69) is 31.3 Å². The Morgan fingerprint density at radius 1 is 1.22 bits per heavy atom. The molecule has 0 saturated carbocycles. The average molecular weight is 264 g/mol. The molecule has 2 aromatic rings. The van der Waals surface area contributed by atoms with E-state index < -0.39 is 0 Å². The van der Waals surface area contributed by atoms with E-state index in [1.54, 1.807) is 6.26 Å². The highest BCUT2D eigenvalue weighted by Gasteiger charge is 2.15. The van der Waals surface area contributed by atoms with Crippen molar-refractivity contribution in [1.29, 1.82) is 0 Å². The van der Waals surface area contributed by atoms with E-state index in [4.69, 9.17) is 16.0 Å². The lowest BCUT2D eigenvalue weighted by Crippen LogP contribution is -2.23. The van der Waals surface area contributed by atoms with Crippen LogP contribution < -0.4 is 5.32 Å². The van der Waals surface area contributed by atoms with E-state index in [1.165, 1.54) is 5.56 Å². The minimum atomic E-state index is 0.241. The Kier molecular flexibility index (Phi) is 4.45. The number of rotatable bonds is 5. The van der Waals surface area contributed by atoms with Crippen molar-refractivity contribution in [3.05, 3.63) is 59.0 Å². The van der Waals surface area contributed by atoms with Crippen LogP contribution in [-0.2, 0) is 0 Å². The minimum Gasteiger partial charge on any atom is -0.468 e. The summed E-state index contributed by atoms with van der Waals surface area (Å²) in [7, 11) is 0. The van der Waals surface area contributed by atoms with Crippen molar-refractivity contribution in [3.63, 3.8) is 0 Å². The van der Waals surface area contributed by atoms with Gasteiger partial charge in [0.05, 0.1) is 12.3 Å². The van der Waals surface area contributed by atoms with Gasteiger partial charge in [-0.25, -0.2) is 0 Å². The molecule has 2 unspecified atom stereocenters. The molecule has 0 radical (unpaired) electrons. The van der Waals surface area contributed by atoms with Crippen molar-refractivity contribution in [2.45, 2.75) is 32.4 Å². The van der Waals surface area contributed by atoms with Gasteiger partial charge in [0.25, 0.3) is 0 Å². The molecule has 96 valence electrons. The first-order chi connectivity index (χ1) is 8.70. The predicted octanol–water partition coefficient (Wildman–Crippen LogP) is 4.73. The van der Waals surface area contributed by atoms with Gasteiger partial charge in [-0.05, 0) is 43.2 Å². The third-order valence-electron chi connectivity index (χ3n) is 3.12. The first kappa shape index (κ1) is 13.2. The smallest absolute Gasteiger partial charge is 0.120 e. The average Bonchev–Trinajstić information content (AvgIpc) is 2.90. The third kappa shape index (κ3) is 3.15. The van der Waals surface area contributed by atoms with Gasteiger partial charge in [-0.15, -0.1) is 0 Å². The Morgan fingerprint density at radius 2 is 1.94 bits per heavy atom. The molecule has 18 heavy (non-hydrogen) atoms. The van der Waals surface area contributed by atoms with Crippen LogP contribution in [0.1, 0.15) is 43.7 Å². The summed E-state index contributed by atoms with van der Waals surface area (Å²) in [6, 6.07) is 12.4. The van der Waals surface area contributed by atoms with Crippen molar-refractivity contribution in [3.8, 4) is 0 Å². The highest BCUT2D eigenvalue weighted by Crippen LogP contribution is 2.23. The maximum atomic E-state index is 5.90. The van der Waals surface area contributed by atoms with Crippen molar-refractivity contribution in [1.82, 2.24) is 5.32 Å². The van der Waals surface area contributed by atoms with Crippen LogP contribution in [-0.4, -0.2) is 0 Å². The van der Waals surface area contributed by atoms with Crippen LogP contribution in [0.5, 0.6) is 0 Å². The molecule has 1 heterocycles. The summed E-state index contributed by atoms with van der Waals surface area (Å²) in [4.78, 5) is 0. The van der Waals surface area contributed by atoms with E-state index >= 15 is 0 Å². The van der Waals surface area contributed by atoms with Gasteiger partial charge in [-0.2, -0.15) is 0 Å². The standard InChI is InChI=1S/C15H18ClNO/c1-3-14(15-5-4-10-18-15)17-11(2)12-6-8-13(16)9-7-12/h4-11,14,17H,3H2,1-2H3. The summed E-state index contributed by atoms with van der Waals surface area (Å²) in [6.45, 7) is 4.30. The van der Waals surface area contributed by atoms with Gasteiger partial charge in [-0.3, -0.25) is 0 Å². The third-order valence-corrected chi connectivity index (χ3v) is 3.37. The van der Waals surface area contributed by atoms with Crippen LogP contribution in [0.2, 0.25) is 5.02 Å². The summed E-state index contributed by atoms with van der Waals surface area (Å²) in [6.07, 6.45) is 2.71. The van der Waals surface area contributed by atoms with Gasteiger partial charge in [0, 0.05) is 11.1 Å². The highest BCUT2D eigenvalue weighted by atomic mass is 35.5. The maximum Gasteiger partial charge on any atom is 0.120 e. The topological polar surface area (TPSA) is 25.2 Å². The zero-order chi connectivity index (χ0) is 13.0. The van der Waals surface area contributed by atoms with Crippen LogP contribution in [0.4, 0.5) is 0 Å². The van der Waals surface area contributed by atoms with Crippen molar-refractivity contribution in [2.24, 2.45) is 0 Å². The summed E-state index contributed by atoms with van der Waals surface area (Å²) in [5, 5.41) is 4.34. The minimum absolute atomic E-state index is 0.241. The van der Waals surface area contributed by atoms with Gasteiger partial charge in [0.15, 0.2) is 0 Å². The highest BCUT2D eigenvalue weighted by molar-refractivity contribution is 6.30. The van der Waals surface area contributed by atoms with Crippen LogP contribution in [0.25, 0.3) is 0 Å². The van der Waals surface area contributed by atoms with E-state index in [-0.39, 0.29) is 12.1 Å². The van der Waals surface area contributed by atoms with E-state index in [0.29, 0.717) is 0 Å². The fraction of sp³-hybridized carbons (Fsp3) is 0.333. The maximum absolute atomic E-state index is 5.90. The molecule has 2 nitrogen and oxygen atoms in total. The lowest BCUT2D eigenvalue weighted by atomic mass is 10.1. The van der Waals surface area contributed by atoms with Gasteiger partial charge in [0.1, 0.15) is 5.76 Å². The molecule has 1 N–H and O–H groups in total. The molecule has 0 aliphatic rings. The number of hydrogen-bond acceptors (Lipinski definition) is 2. The Morgan fingerprint density at radius 3 is 2.50 bits per heavy atom. The van der Waals surface area contributed by atoms with Gasteiger partial charge in [-0.1, -0.05) is 30.7 Å². The Hall–Kier alpha value is -1.25.